The van der Waals surface area contributed by atoms with Crippen LogP contribution in [0.15, 0.2) is 24.3 Å². The van der Waals surface area contributed by atoms with Crippen molar-refractivity contribution >= 4 is 35.3 Å². The molecule has 0 unspecified atom stereocenters. The molecule has 1 aromatic carbocycles. The number of amides is 3. The molecular formula is C25H30N2O7. The third-order valence-electron chi connectivity index (χ3n) is 7.17. The number of rotatable bonds is 9. The molecule has 9 heteroatoms. The summed E-state index contributed by atoms with van der Waals surface area (Å²) in [5, 5.41) is 2.58. The number of carbonyl (C=O) groups excluding carboxylic acids is 5. The number of ether oxygens (including phenoxy) is 2. The molecule has 3 fully saturated rings. The van der Waals surface area contributed by atoms with Crippen LogP contribution in [0.4, 0.5) is 5.69 Å². The molecule has 3 amide bonds. The second-order valence-electron chi connectivity index (χ2n) is 9.33. The molecular weight excluding hydrogens is 440 g/mol. The number of fused-ring (bicyclic) bond motifs is 5. The maximum Gasteiger partial charge on any atom is 0.338 e. The minimum Gasteiger partial charge on any atom is -0.462 e. The second kappa shape index (κ2) is 9.95. The number of carbonyl (C=O) groups is 5. The van der Waals surface area contributed by atoms with Gasteiger partial charge in [-0.25, -0.2) is 9.59 Å². The molecule has 4 rings (SSSR count). The Hall–Kier alpha value is -3.23. The Morgan fingerprint density at radius 1 is 1.03 bits per heavy atom. The quantitative estimate of drug-likeness (QED) is 0.335. The molecule has 34 heavy (non-hydrogen) atoms. The lowest BCUT2D eigenvalue weighted by atomic mass is 9.81. The van der Waals surface area contributed by atoms with Crippen LogP contribution in [-0.2, 0) is 28.7 Å². The third kappa shape index (κ3) is 4.56. The van der Waals surface area contributed by atoms with E-state index < -0.39 is 30.5 Å². The highest BCUT2D eigenvalue weighted by atomic mass is 16.5. The van der Waals surface area contributed by atoms with Crippen molar-refractivity contribution in [3.63, 3.8) is 0 Å². The molecule has 0 radical (unpaired) electrons. The van der Waals surface area contributed by atoms with Crippen LogP contribution >= 0.6 is 0 Å². The maximum atomic E-state index is 12.8. The highest BCUT2D eigenvalue weighted by Gasteiger charge is 2.62. The van der Waals surface area contributed by atoms with Crippen LogP contribution in [0.3, 0.4) is 0 Å². The lowest BCUT2D eigenvalue weighted by Gasteiger charge is -2.23. The van der Waals surface area contributed by atoms with Gasteiger partial charge in [-0.15, -0.1) is 0 Å². The number of anilines is 1. The lowest BCUT2D eigenvalue weighted by molar-refractivity contribution is -0.159. The van der Waals surface area contributed by atoms with Crippen LogP contribution in [0.1, 0.15) is 56.3 Å². The van der Waals surface area contributed by atoms with Crippen LogP contribution in [0.2, 0.25) is 0 Å². The lowest BCUT2D eigenvalue weighted by Crippen LogP contribution is -2.45. The van der Waals surface area contributed by atoms with Crippen LogP contribution < -0.4 is 5.32 Å². The monoisotopic (exact) mass is 470 g/mol. The van der Waals surface area contributed by atoms with Gasteiger partial charge in [0.1, 0.15) is 6.04 Å². The minimum atomic E-state index is -1.07. The van der Waals surface area contributed by atoms with Gasteiger partial charge in [-0.3, -0.25) is 19.3 Å². The van der Waals surface area contributed by atoms with Gasteiger partial charge in [-0.05, 0) is 68.7 Å². The van der Waals surface area contributed by atoms with Crippen LogP contribution in [0, 0.1) is 23.7 Å². The van der Waals surface area contributed by atoms with E-state index in [1.165, 1.54) is 19.1 Å². The zero-order valence-electron chi connectivity index (χ0n) is 19.5. The maximum absolute atomic E-state index is 12.8. The van der Waals surface area contributed by atoms with Gasteiger partial charge >= 0.3 is 11.9 Å². The van der Waals surface area contributed by atoms with Gasteiger partial charge < -0.3 is 14.8 Å². The van der Waals surface area contributed by atoms with Crippen molar-refractivity contribution in [3.8, 4) is 0 Å². The fourth-order valence-electron chi connectivity index (χ4n) is 5.46. The molecule has 2 bridgehead atoms. The topological polar surface area (TPSA) is 119 Å². The normalized spacial score (nSPS) is 25.8. The SMILES string of the molecule is CCCCOC(=O)c1ccc(NC(=O)COC(=O)[C@H](C)N2C(=O)[C@@H]3[C@H]4CC[C@@H](C4)[C@H]3C2=O)cc1. The number of hydrogen-bond donors (Lipinski definition) is 1. The first-order chi connectivity index (χ1) is 16.3. The fraction of sp³-hybridized carbons (Fsp3) is 0.560. The van der Waals surface area contributed by atoms with E-state index in [9.17, 15) is 24.0 Å². The second-order valence-corrected chi connectivity index (χ2v) is 9.33. The Morgan fingerprint density at radius 2 is 1.65 bits per heavy atom. The Morgan fingerprint density at radius 3 is 2.24 bits per heavy atom. The Labute approximate surface area is 198 Å². The summed E-state index contributed by atoms with van der Waals surface area (Å²) < 4.78 is 10.2. The van der Waals surface area contributed by atoms with Crippen molar-refractivity contribution in [2.75, 3.05) is 18.5 Å². The van der Waals surface area contributed by atoms with Crippen molar-refractivity contribution in [1.29, 1.82) is 0 Å². The Balaban J connectivity index is 1.25. The number of likely N-dealkylation sites (tertiary alicyclic amines) is 1. The first kappa shape index (κ1) is 23.9. The number of imide groups is 1. The van der Waals surface area contributed by atoms with E-state index in [0.717, 1.165) is 37.0 Å². The molecule has 5 atom stereocenters. The van der Waals surface area contributed by atoms with E-state index in [2.05, 4.69) is 5.32 Å². The molecule has 1 N–H and O–H groups in total. The smallest absolute Gasteiger partial charge is 0.338 e. The molecule has 0 aromatic heterocycles. The highest BCUT2D eigenvalue weighted by molar-refractivity contribution is 6.08. The van der Waals surface area contributed by atoms with Crippen molar-refractivity contribution in [2.45, 2.75) is 52.0 Å². The third-order valence-corrected chi connectivity index (χ3v) is 7.17. The van der Waals surface area contributed by atoms with Gasteiger partial charge in [0.25, 0.3) is 5.91 Å². The predicted molar refractivity (Wildman–Crippen MR) is 120 cm³/mol. The van der Waals surface area contributed by atoms with Gasteiger partial charge in [0.2, 0.25) is 11.8 Å². The zero-order chi connectivity index (χ0) is 24.4. The van der Waals surface area contributed by atoms with E-state index in [0.29, 0.717) is 17.9 Å². The molecule has 182 valence electrons. The van der Waals surface area contributed by atoms with E-state index in [1.807, 2.05) is 6.92 Å². The van der Waals surface area contributed by atoms with E-state index in [-0.39, 0.29) is 35.5 Å². The summed E-state index contributed by atoms with van der Waals surface area (Å²) in [5.74, 6) is -2.54. The van der Waals surface area contributed by atoms with Crippen molar-refractivity contribution in [1.82, 2.24) is 4.90 Å². The van der Waals surface area contributed by atoms with Crippen molar-refractivity contribution in [2.24, 2.45) is 23.7 Å². The van der Waals surface area contributed by atoms with Gasteiger partial charge in [-0.1, -0.05) is 13.3 Å². The van der Waals surface area contributed by atoms with E-state index in [1.54, 1.807) is 12.1 Å². The van der Waals surface area contributed by atoms with Crippen LogP contribution in [0.5, 0.6) is 0 Å². The van der Waals surface area contributed by atoms with Crippen LogP contribution in [-0.4, -0.2) is 53.8 Å². The van der Waals surface area contributed by atoms with E-state index >= 15 is 0 Å². The molecule has 1 saturated heterocycles. The summed E-state index contributed by atoms with van der Waals surface area (Å²) in [6.45, 7) is 3.26. The summed E-state index contributed by atoms with van der Waals surface area (Å²) in [6.07, 6.45) is 4.55. The standard InChI is InChI=1S/C25H30N2O7/c1-3-4-11-33-25(32)15-7-9-18(10-8-15)26-19(28)13-34-24(31)14(2)27-22(29)20-16-5-6-17(12-16)21(20)23(27)30/h7-10,14,16-17,20-21H,3-6,11-13H2,1-2H3,(H,26,28)/t14-,16-,17-,20+,21+/m0/s1. The number of nitrogens with one attached hydrogen (secondary N) is 1. The largest absolute Gasteiger partial charge is 0.462 e. The summed E-state index contributed by atoms with van der Waals surface area (Å²) >= 11 is 0. The summed E-state index contributed by atoms with van der Waals surface area (Å²) in [5.41, 5.74) is 0.792. The molecule has 1 heterocycles. The van der Waals surface area contributed by atoms with Gasteiger partial charge in [0.05, 0.1) is 24.0 Å². The number of esters is 2. The van der Waals surface area contributed by atoms with Crippen LogP contribution in [0.25, 0.3) is 0 Å². The summed E-state index contributed by atoms with van der Waals surface area (Å²) in [6, 6.07) is 5.09. The van der Waals surface area contributed by atoms with Crippen molar-refractivity contribution in [3.05, 3.63) is 29.8 Å². The summed E-state index contributed by atoms with van der Waals surface area (Å²) in [4.78, 5) is 63.4. The molecule has 1 aliphatic heterocycles. The Bertz CT molecular complexity index is 961. The Kier molecular flexibility index (Phi) is 7.00. The zero-order valence-corrected chi connectivity index (χ0v) is 19.5. The van der Waals surface area contributed by atoms with Gasteiger partial charge in [0, 0.05) is 5.69 Å². The van der Waals surface area contributed by atoms with Gasteiger partial charge in [0.15, 0.2) is 6.61 Å². The predicted octanol–water partition coefficient (Wildman–Crippen LogP) is 2.54. The number of benzene rings is 1. The molecule has 0 spiro atoms. The minimum absolute atomic E-state index is 0.232. The molecule has 1 aromatic rings. The summed E-state index contributed by atoms with van der Waals surface area (Å²) in [7, 11) is 0. The average Bonchev–Trinajstić information content (AvgIpc) is 3.51. The number of nitrogens with zero attached hydrogens (tertiary/aromatic N) is 1. The highest BCUT2D eigenvalue weighted by Crippen LogP contribution is 2.56. The molecule has 2 saturated carbocycles. The average molecular weight is 471 g/mol. The molecule has 9 nitrogen and oxygen atoms in total. The number of hydrogen-bond acceptors (Lipinski definition) is 7. The first-order valence-corrected chi connectivity index (χ1v) is 11.9. The van der Waals surface area contributed by atoms with E-state index in [4.69, 9.17) is 9.47 Å². The number of unbranched alkanes of at least 4 members (excludes halogenated alkanes) is 1. The fourth-order valence-corrected chi connectivity index (χ4v) is 5.46. The van der Waals surface area contributed by atoms with Gasteiger partial charge in [-0.2, -0.15) is 0 Å². The van der Waals surface area contributed by atoms with Crippen molar-refractivity contribution < 1.29 is 33.4 Å². The molecule has 2 aliphatic carbocycles. The first-order valence-electron chi connectivity index (χ1n) is 11.9. The molecule has 3 aliphatic rings.